The molecule has 0 unspecified atom stereocenters. The summed E-state index contributed by atoms with van der Waals surface area (Å²) in [5.74, 6) is -1.78. The minimum atomic E-state index is -1.34. The summed E-state index contributed by atoms with van der Waals surface area (Å²) in [6, 6.07) is 3.86. The van der Waals surface area contributed by atoms with Crippen LogP contribution < -0.4 is 0 Å². The fraction of sp³-hybridized carbons (Fsp3) is 0. The SMILES string of the molecule is O=C(O)c1cc2nc(-c3ccoc3Cl)[nH]c2cc1F. The average Bonchev–Trinajstić information content (AvgIpc) is 2.92. The van der Waals surface area contributed by atoms with E-state index in [1.54, 1.807) is 6.07 Å². The number of fused-ring (bicyclic) bond motifs is 1. The van der Waals surface area contributed by atoms with Crippen molar-refractivity contribution in [2.75, 3.05) is 0 Å². The summed E-state index contributed by atoms with van der Waals surface area (Å²) in [6.07, 6.45) is 1.40. The van der Waals surface area contributed by atoms with E-state index in [1.165, 1.54) is 12.3 Å². The van der Waals surface area contributed by atoms with E-state index in [-0.39, 0.29) is 5.22 Å². The van der Waals surface area contributed by atoms with Crippen molar-refractivity contribution < 1.29 is 18.7 Å². The summed E-state index contributed by atoms with van der Waals surface area (Å²) in [5, 5.41) is 9.00. The van der Waals surface area contributed by atoms with Crippen molar-refractivity contribution >= 4 is 28.6 Å². The van der Waals surface area contributed by atoms with Gasteiger partial charge >= 0.3 is 5.97 Å². The lowest BCUT2D eigenvalue weighted by Crippen LogP contribution is -1.99. The van der Waals surface area contributed by atoms with Crippen molar-refractivity contribution in [2.24, 2.45) is 0 Å². The topological polar surface area (TPSA) is 79.1 Å². The molecule has 2 N–H and O–H groups in total. The molecule has 0 saturated heterocycles. The van der Waals surface area contributed by atoms with E-state index in [1.807, 2.05) is 0 Å². The van der Waals surface area contributed by atoms with E-state index in [4.69, 9.17) is 21.1 Å². The first-order valence-corrected chi connectivity index (χ1v) is 5.60. The number of aromatic amines is 1. The van der Waals surface area contributed by atoms with Crippen molar-refractivity contribution in [1.29, 1.82) is 0 Å². The summed E-state index contributed by atoms with van der Waals surface area (Å²) in [6.45, 7) is 0. The van der Waals surface area contributed by atoms with Crippen LogP contribution in [0.1, 0.15) is 10.4 Å². The summed E-state index contributed by atoms with van der Waals surface area (Å²) >= 11 is 5.82. The molecule has 7 heteroatoms. The molecular weight excluding hydrogens is 275 g/mol. The number of aromatic nitrogens is 2. The van der Waals surface area contributed by atoms with Gasteiger partial charge in [0.1, 0.15) is 11.6 Å². The molecule has 0 atom stereocenters. The van der Waals surface area contributed by atoms with Crippen molar-refractivity contribution in [1.82, 2.24) is 9.97 Å². The van der Waals surface area contributed by atoms with Gasteiger partial charge in [-0.25, -0.2) is 14.2 Å². The third-order valence-corrected chi connectivity index (χ3v) is 2.97. The lowest BCUT2D eigenvalue weighted by molar-refractivity contribution is 0.0692. The van der Waals surface area contributed by atoms with E-state index < -0.39 is 17.3 Å². The lowest BCUT2D eigenvalue weighted by Gasteiger charge is -1.95. The molecule has 0 aliphatic rings. The maximum atomic E-state index is 13.5. The van der Waals surface area contributed by atoms with Crippen LogP contribution in [0.15, 0.2) is 28.9 Å². The Morgan fingerprint density at radius 2 is 2.26 bits per heavy atom. The van der Waals surface area contributed by atoms with E-state index in [0.29, 0.717) is 22.4 Å². The zero-order valence-electron chi connectivity index (χ0n) is 9.28. The number of carboxylic acid groups (broad SMARTS) is 1. The van der Waals surface area contributed by atoms with E-state index >= 15 is 0 Å². The van der Waals surface area contributed by atoms with Gasteiger partial charge in [0.05, 0.1) is 28.4 Å². The van der Waals surface area contributed by atoms with Gasteiger partial charge in [-0.3, -0.25) is 0 Å². The Hall–Kier alpha value is -2.34. The van der Waals surface area contributed by atoms with Crippen LogP contribution in [0.2, 0.25) is 5.22 Å². The van der Waals surface area contributed by atoms with Crippen LogP contribution >= 0.6 is 11.6 Å². The molecule has 0 amide bonds. The van der Waals surface area contributed by atoms with Crippen molar-refractivity contribution in [3.05, 3.63) is 41.1 Å². The van der Waals surface area contributed by atoms with Gasteiger partial charge < -0.3 is 14.5 Å². The van der Waals surface area contributed by atoms with Gasteiger partial charge in [0.2, 0.25) is 5.22 Å². The number of benzene rings is 1. The molecule has 0 radical (unpaired) electrons. The molecule has 0 saturated carbocycles. The molecule has 96 valence electrons. The van der Waals surface area contributed by atoms with E-state index in [9.17, 15) is 9.18 Å². The smallest absolute Gasteiger partial charge is 0.338 e. The fourth-order valence-electron chi connectivity index (χ4n) is 1.78. The Balaban J connectivity index is 2.21. The molecule has 0 bridgehead atoms. The first-order chi connectivity index (χ1) is 9.06. The number of nitrogens with zero attached hydrogens (tertiary/aromatic N) is 1. The normalized spacial score (nSPS) is 11.1. The number of hydrogen-bond acceptors (Lipinski definition) is 3. The molecule has 2 heterocycles. The number of nitrogens with one attached hydrogen (secondary N) is 1. The minimum Gasteiger partial charge on any atom is -0.478 e. The van der Waals surface area contributed by atoms with Crippen molar-refractivity contribution in [3.63, 3.8) is 0 Å². The Kier molecular flexibility index (Phi) is 2.53. The number of carbonyl (C=O) groups is 1. The number of furan rings is 1. The second-order valence-electron chi connectivity index (χ2n) is 3.85. The highest BCUT2D eigenvalue weighted by Gasteiger charge is 2.16. The van der Waals surface area contributed by atoms with Gasteiger partial charge in [-0.15, -0.1) is 0 Å². The van der Waals surface area contributed by atoms with Crippen LogP contribution in [0.5, 0.6) is 0 Å². The Morgan fingerprint density at radius 1 is 1.47 bits per heavy atom. The van der Waals surface area contributed by atoms with Crippen LogP contribution in [0.4, 0.5) is 4.39 Å². The zero-order valence-corrected chi connectivity index (χ0v) is 10.0. The Labute approximate surface area is 110 Å². The number of aromatic carboxylic acids is 1. The highest BCUT2D eigenvalue weighted by molar-refractivity contribution is 6.31. The van der Waals surface area contributed by atoms with Crippen LogP contribution in [0, 0.1) is 5.82 Å². The van der Waals surface area contributed by atoms with Gasteiger partial charge in [0.25, 0.3) is 0 Å². The highest BCUT2D eigenvalue weighted by atomic mass is 35.5. The summed E-state index contributed by atoms with van der Waals surface area (Å²) in [7, 11) is 0. The van der Waals surface area contributed by atoms with Gasteiger partial charge in [0.15, 0.2) is 0 Å². The number of hydrogen-bond donors (Lipinski definition) is 2. The van der Waals surface area contributed by atoms with E-state index in [2.05, 4.69) is 9.97 Å². The average molecular weight is 281 g/mol. The maximum absolute atomic E-state index is 13.5. The van der Waals surface area contributed by atoms with Crippen LogP contribution in [-0.2, 0) is 0 Å². The molecular formula is C12H6ClFN2O3. The van der Waals surface area contributed by atoms with Gasteiger partial charge in [0, 0.05) is 6.07 Å². The van der Waals surface area contributed by atoms with Gasteiger partial charge in [-0.1, -0.05) is 0 Å². The number of H-pyrrole nitrogens is 1. The van der Waals surface area contributed by atoms with Crippen LogP contribution in [0.25, 0.3) is 22.4 Å². The summed E-state index contributed by atoms with van der Waals surface area (Å²) in [5.41, 5.74) is 0.819. The Morgan fingerprint density at radius 3 is 2.89 bits per heavy atom. The third-order valence-electron chi connectivity index (χ3n) is 2.67. The molecule has 1 aromatic carbocycles. The minimum absolute atomic E-state index is 0.151. The molecule has 0 aliphatic heterocycles. The number of halogens is 2. The molecule has 5 nitrogen and oxygen atoms in total. The third kappa shape index (κ3) is 1.86. The summed E-state index contributed by atoms with van der Waals surface area (Å²) in [4.78, 5) is 17.9. The van der Waals surface area contributed by atoms with Crippen molar-refractivity contribution in [2.45, 2.75) is 0 Å². The van der Waals surface area contributed by atoms with Crippen LogP contribution in [-0.4, -0.2) is 21.0 Å². The van der Waals surface area contributed by atoms with Crippen LogP contribution in [0.3, 0.4) is 0 Å². The Bertz CT molecular complexity index is 793. The monoisotopic (exact) mass is 280 g/mol. The number of imidazole rings is 1. The second-order valence-corrected chi connectivity index (χ2v) is 4.19. The molecule has 2 aromatic heterocycles. The molecule has 3 aromatic rings. The number of carboxylic acids is 1. The molecule has 0 fully saturated rings. The maximum Gasteiger partial charge on any atom is 0.338 e. The predicted molar refractivity (Wildman–Crippen MR) is 65.7 cm³/mol. The van der Waals surface area contributed by atoms with Gasteiger partial charge in [-0.05, 0) is 23.7 Å². The molecule has 0 spiro atoms. The molecule has 0 aliphatic carbocycles. The highest BCUT2D eigenvalue weighted by Crippen LogP contribution is 2.29. The van der Waals surface area contributed by atoms with Gasteiger partial charge in [-0.2, -0.15) is 0 Å². The first-order valence-electron chi connectivity index (χ1n) is 5.22. The quantitative estimate of drug-likeness (QED) is 0.755. The fourth-order valence-corrected chi connectivity index (χ4v) is 1.99. The zero-order chi connectivity index (χ0) is 13.6. The largest absolute Gasteiger partial charge is 0.478 e. The number of rotatable bonds is 2. The summed E-state index contributed by atoms with van der Waals surface area (Å²) < 4.78 is 18.5. The lowest BCUT2D eigenvalue weighted by atomic mass is 10.2. The standard InChI is InChI=1S/C12H6ClFN2O3/c13-10-5(1-2-19-10)11-15-8-3-6(12(17)18)7(14)4-9(8)16-11/h1-4H,(H,15,16)(H,17,18). The van der Waals surface area contributed by atoms with E-state index in [0.717, 1.165) is 6.07 Å². The second kappa shape index (κ2) is 4.10. The molecule has 3 rings (SSSR count). The van der Waals surface area contributed by atoms with Crippen molar-refractivity contribution in [3.8, 4) is 11.4 Å². The molecule has 19 heavy (non-hydrogen) atoms. The first kappa shape index (κ1) is 11.7. The predicted octanol–water partition coefficient (Wildman–Crippen LogP) is 3.31.